The van der Waals surface area contributed by atoms with Gasteiger partial charge in [0.05, 0.1) is 13.2 Å². The summed E-state index contributed by atoms with van der Waals surface area (Å²) < 4.78 is 0. The maximum absolute atomic E-state index is 14.1. The lowest BCUT2D eigenvalue weighted by molar-refractivity contribution is -0.149. The Kier molecular flexibility index (Phi) is 22.4. The number of carboxylic acids is 3. The molecule has 0 radical (unpaired) electrons. The summed E-state index contributed by atoms with van der Waals surface area (Å²) in [4.78, 5) is 146. The minimum absolute atomic E-state index is 0.00583. The van der Waals surface area contributed by atoms with E-state index in [0.717, 1.165) is 17.7 Å². The van der Waals surface area contributed by atoms with E-state index in [1.807, 2.05) is 6.92 Å². The quantitative estimate of drug-likeness (QED) is 0.0293. The number of aliphatic hydroxyl groups excluding tert-OH is 2. The van der Waals surface area contributed by atoms with Gasteiger partial charge in [0.15, 0.2) is 0 Å². The molecule has 3 fully saturated rings. The van der Waals surface area contributed by atoms with Crippen LogP contribution in [-0.4, -0.2) is 187 Å². The van der Waals surface area contributed by atoms with Crippen LogP contribution in [0.25, 0.3) is 0 Å². The van der Waals surface area contributed by atoms with Crippen molar-refractivity contribution in [3.63, 3.8) is 0 Å². The van der Waals surface area contributed by atoms with E-state index in [2.05, 4.69) is 32.5 Å². The van der Waals surface area contributed by atoms with E-state index in [4.69, 9.17) is 11.5 Å². The Morgan fingerprint density at radius 3 is 1.58 bits per heavy atom. The Balaban J connectivity index is 1.69. The molecule has 0 aromatic heterocycles. The number of unbranched alkanes of at least 4 members (excludes halogenated alkanes) is 2. The molecule has 8 atom stereocenters. The molecule has 24 heteroatoms. The van der Waals surface area contributed by atoms with Crippen molar-refractivity contribution in [1.29, 1.82) is 0 Å². The Bertz CT molecular complexity index is 1870. The Hall–Kier alpha value is -6.35. The summed E-state index contributed by atoms with van der Waals surface area (Å²) in [6.45, 7) is 0.316. The molecule has 3 aliphatic rings. The lowest BCUT2D eigenvalue weighted by atomic mass is 10.1. The fraction of sp³-hybridized carbons (Fsp3) is 0.698. The summed E-state index contributed by atoms with van der Waals surface area (Å²) in [5, 5.41) is 60.1. The number of nitrogens with zero attached hydrogens (tertiary/aromatic N) is 3. The number of likely N-dealkylation sites (tertiary alicyclic amines) is 3. The van der Waals surface area contributed by atoms with Crippen molar-refractivity contribution in [2.45, 2.75) is 158 Å². The van der Waals surface area contributed by atoms with Crippen LogP contribution in [-0.2, 0) is 52.7 Å². The minimum Gasteiger partial charge on any atom is -0.481 e. The van der Waals surface area contributed by atoms with Gasteiger partial charge in [-0.2, -0.15) is 0 Å². The van der Waals surface area contributed by atoms with Gasteiger partial charge in [0.1, 0.15) is 48.3 Å². The normalized spacial score (nSPS) is 20.0. The SMILES string of the molecule is C#CCCC(=O)N[C@@H](CCCCC)C(=O)N1CCC[C@H]1C(=O)N[C@@H](CO)C(=O)N[C@H](CO)C(=O)N1CCC[C@H]1C(=O)N1CCC[C@H]1C(=O)N[C@@H](CCC(=O)O)C(=O)N[C@@H](CCC(=O)O)C(=O)O. The number of hydrogen-bond donors (Lipinski definition) is 10. The van der Waals surface area contributed by atoms with E-state index in [1.54, 1.807) is 0 Å². The van der Waals surface area contributed by atoms with Gasteiger partial charge in [-0.05, 0) is 57.8 Å². The maximum atomic E-state index is 14.1. The molecule has 0 saturated carbocycles. The molecule has 0 unspecified atom stereocenters. The van der Waals surface area contributed by atoms with Crippen LogP contribution in [0.3, 0.4) is 0 Å². The third kappa shape index (κ3) is 16.2. The molecule has 0 aromatic carbocycles. The topological polar surface area (TPSA) is 359 Å². The molecular formula is C43H64N8O16. The van der Waals surface area contributed by atoms with Crippen LogP contribution >= 0.6 is 0 Å². The number of carboxylic acid groups (broad SMARTS) is 3. The summed E-state index contributed by atoms with van der Waals surface area (Å²) >= 11 is 0. The van der Waals surface area contributed by atoms with Gasteiger partial charge in [-0.15, -0.1) is 12.3 Å². The summed E-state index contributed by atoms with van der Waals surface area (Å²) in [6, 6.07) is -10.9. The molecule has 372 valence electrons. The highest BCUT2D eigenvalue weighted by Crippen LogP contribution is 2.26. The first kappa shape index (κ1) is 55.0. The highest BCUT2D eigenvalue weighted by molar-refractivity contribution is 5.98. The van der Waals surface area contributed by atoms with Crippen molar-refractivity contribution in [2.24, 2.45) is 0 Å². The average Bonchev–Trinajstić information content (AvgIpc) is 4.10. The summed E-state index contributed by atoms with van der Waals surface area (Å²) in [6.07, 6.45) is 7.36. The van der Waals surface area contributed by atoms with Crippen molar-refractivity contribution in [1.82, 2.24) is 41.3 Å². The highest BCUT2D eigenvalue weighted by atomic mass is 16.4. The van der Waals surface area contributed by atoms with Crippen LogP contribution in [0.15, 0.2) is 0 Å². The van der Waals surface area contributed by atoms with Gasteiger partial charge >= 0.3 is 17.9 Å². The number of amides is 8. The zero-order valence-electron chi connectivity index (χ0n) is 37.6. The smallest absolute Gasteiger partial charge is 0.326 e. The van der Waals surface area contributed by atoms with Crippen molar-refractivity contribution < 1.29 is 78.3 Å². The van der Waals surface area contributed by atoms with Gasteiger partial charge in [0.2, 0.25) is 47.3 Å². The number of hydrogen-bond acceptors (Lipinski definition) is 13. The van der Waals surface area contributed by atoms with Crippen molar-refractivity contribution in [3.8, 4) is 12.3 Å². The number of rotatable bonds is 27. The molecule has 10 N–H and O–H groups in total. The molecule has 0 aliphatic carbocycles. The summed E-state index contributed by atoms with van der Waals surface area (Å²) in [7, 11) is 0. The predicted octanol–water partition coefficient (Wildman–Crippen LogP) is -2.82. The number of nitrogens with one attached hydrogen (secondary N) is 5. The van der Waals surface area contributed by atoms with E-state index in [0.29, 0.717) is 32.1 Å². The molecule has 3 heterocycles. The van der Waals surface area contributed by atoms with Crippen molar-refractivity contribution >= 4 is 65.2 Å². The number of aliphatic carboxylic acids is 3. The third-order valence-corrected chi connectivity index (χ3v) is 11.9. The third-order valence-electron chi connectivity index (χ3n) is 11.9. The minimum atomic E-state index is -1.67. The molecular weight excluding hydrogens is 885 g/mol. The molecule has 67 heavy (non-hydrogen) atoms. The molecule has 24 nitrogen and oxygen atoms in total. The molecule has 3 rings (SSSR count). The van der Waals surface area contributed by atoms with Gasteiger partial charge < -0.3 is 66.8 Å². The van der Waals surface area contributed by atoms with E-state index in [9.17, 15) is 73.2 Å². The van der Waals surface area contributed by atoms with E-state index in [1.165, 1.54) is 9.80 Å². The second kappa shape index (κ2) is 27.3. The Morgan fingerprint density at radius 2 is 1.04 bits per heavy atom. The van der Waals surface area contributed by atoms with Crippen molar-refractivity contribution in [3.05, 3.63) is 0 Å². The number of carbonyl (C=O) groups is 11. The van der Waals surface area contributed by atoms with E-state index in [-0.39, 0.29) is 51.7 Å². The standard InChI is InChI=1S/C43H64N8O16/c1-3-5-7-11-26(44-33(54)15-6-4-2)40(63)49-20-8-12-30(49)39(62)47-28(23-52)37(60)48-29(24-53)41(64)51-22-10-14-32(51)42(65)50-21-9-13-31(50)38(61)45-25(16-18-34(55)56)36(59)46-27(43(66)67)17-19-35(57)58/h2,25-32,52-53H,3,5-24H2,1H3,(H,44,54)(H,45,61)(H,46,59)(H,47,62)(H,48,60)(H,55,56)(H,57,58)(H,66,67)/t25-,26-,27-,28-,29+,30-,31-,32-/m0/s1. The van der Waals surface area contributed by atoms with Crippen LogP contribution < -0.4 is 26.6 Å². The first-order valence-electron chi connectivity index (χ1n) is 22.6. The van der Waals surface area contributed by atoms with E-state index < -0.39 is 152 Å². The van der Waals surface area contributed by atoms with E-state index >= 15 is 0 Å². The van der Waals surface area contributed by atoms with Crippen molar-refractivity contribution in [2.75, 3.05) is 32.8 Å². The summed E-state index contributed by atoms with van der Waals surface area (Å²) in [5.74, 6) is -8.11. The molecule has 3 saturated heterocycles. The number of carbonyl (C=O) groups excluding carboxylic acids is 8. The number of aliphatic hydroxyl groups is 2. The predicted molar refractivity (Wildman–Crippen MR) is 232 cm³/mol. The van der Waals surface area contributed by atoms with Crippen LogP contribution in [0, 0.1) is 12.3 Å². The fourth-order valence-electron chi connectivity index (χ4n) is 8.32. The van der Waals surface area contributed by atoms with Crippen LogP contribution in [0.4, 0.5) is 0 Å². The summed E-state index contributed by atoms with van der Waals surface area (Å²) in [5.41, 5.74) is 0. The molecule has 8 amide bonds. The van der Waals surface area contributed by atoms with Gasteiger partial charge in [-0.25, -0.2) is 4.79 Å². The first-order chi connectivity index (χ1) is 31.9. The number of terminal acetylenes is 1. The van der Waals surface area contributed by atoms with Crippen LogP contribution in [0.5, 0.6) is 0 Å². The maximum Gasteiger partial charge on any atom is 0.326 e. The second-order valence-electron chi connectivity index (χ2n) is 16.7. The largest absolute Gasteiger partial charge is 0.481 e. The zero-order chi connectivity index (χ0) is 49.8. The monoisotopic (exact) mass is 948 g/mol. The highest BCUT2D eigenvalue weighted by Gasteiger charge is 2.45. The molecule has 0 bridgehead atoms. The zero-order valence-corrected chi connectivity index (χ0v) is 37.6. The van der Waals surface area contributed by atoms with Crippen LogP contribution in [0.1, 0.15) is 110 Å². The molecule has 3 aliphatic heterocycles. The lowest BCUT2D eigenvalue weighted by Gasteiger charge is -2.33. The molecule has 0 spiro atoms. The fourth-order valence-corrected chi connectivity index (χ4v) is 8.32. The average molecular weight is 949 g/mol. The Labute approximate surface area is 387 Å². The Morgan fingerprint density at radius 1 is 0.567 bits per heavy atom. The molecule has 0 aromatic rings. The van der Waals surface area contributed by atoms with Crippen LogP contribution in [0.2, 0.25) is 0 Å². The van der Waals surface area contributed by atoms with Gasteiger partial charge in [-0.1, -0.05) is 26.2 Å². The van der Waals surface area contributed by atoms with Gasteiger partial charge in [0.25, 0.3) is 0 Å². The van der Waals surface area contributed by atoms with Gasteiger partial charge in [0, 0.05) is 45.3 Å². The first-order valence-corrected chi connectivity index (χ1v) is 22.6. The lowest BCUT2D eigenvalue weighted by Crippen LogP contribution is -2.61. The second-order valence-corrected chi connectivity index (χ2v) is 16.7. The van der Waals surface area contributed by atoms with Gasteiger partial charge in [-0.3, -0.25) is 47.9 Å².